The molecule has 27 heavy (non-hydrogen) atoms. The number of carbonyl (C=O) groups excluding carboxylic acids is 1. The zero-order valence-corrected chi connectivity index (χ0v) is 15.2. The van der Waals surface area contributed by atoms with E-state index in [-0.39, 0.29) is 11.9 Å². The van der Waals surface area contributed by atoms with Crippen molar-refractivity contribution < 1.29 is 18.0 Å². The van der Waals surface area contributed by atoms with E-state index in [2.05, 4.69) is 24.0 Å². The smallest absolute Gasteiger partial charge is 0.336 e. The number of nitrogens with zero attached hydrogens (tertiary/aromatic N) is 2. The number of hydrogen-bond acceptors (Lipinski definition) is 2. The highest BCUT2D eigenvalue weighted by Crippen LogP contribution is 2.29. The molecule has 2 aromatic rings. The van der Waals surface area contributed by atoms with Crippen LogP contribution >= 0.6 is 0 Å². The Balaban J connectivity index is 1.56. The molecule has 1 aliphatic heterocycles. The zero-order valence-electron chi connectivity index (χ0n) is 15.2. The minimum atomic E-state index is -4.39. The Kier molecular flexibility index (Phi) is 5.85. The van der Waals surface area contributed by atoms with E-state index in [1.807, 2.05) is 18.2 Å². The molecule has 144 valence electrons. The van der Waals surface area contributed by atoms with Crippen molar-refractivity contribution in [3.63, 3.8) is 0 Å². The van der Waals surface area contributed by atoms with Gasteiger partial charge in [-0.25, -0.2) is 0 Å². The molecule has 0 radical (unpaired) electrons. The number of rotatable bonds is 4. The Morgan fingerprint density at radius 3 is 2.30 bits per heavy atom. The lowest BCUT2D eigenvalue weighted by Crippen LogP contribution is -2.54. The number of amides is 1. The summed E-state index contributed by atoms with van der Waals surface area (Å²) in [6.45, 7) is 4.93. The molecular formula is C21H23F3N2O. The van der Waals surface area contributed by atoms with Gasteiger partial charge in [0.2, 0.25) is 0 Å². The summed E-state index contributed by atoms with van der Waals surface area (Å²) < 4.78 is 38.0. The fraction of sp³-hybridized carbons (Fsp3) is 0.381. The fourth-order valence-corrected chi connectivity index (χ4v) is 3.41. The fourth-order valence-electron chi connectivity index (χ4n) is 3.41. The van der Waals surface area contributed by atoms with Crippen molar-refractivity contribution in [1.82, 2.24) is 9.80 Å². The molecule has 1 aliphatic rings. The van der Waals surface area contributed by atoms with E-state index in [0.29, 0.717) is 18.7 Å². The maximum absolute atomic E-state index is 12.7. The van der Waals surface area contributed by atoms with Crippen molar-refractivity contribution >= 4 is 5.91 Å². The second-order valence-corrected chi connectivity index (χ2v) is 6.95. The first kappa shape index (κ1) is 19.4. The molecule has 0 N–H and O–H groups in total. The molecular weight excluding hydrogens is 353 g/mol. The van der Waals surface area contributed by atoms with E-state index in [1.165, 1.54) is 17.7 Å². The first-order valence-corrected chi connectivity index (χ1v) is 9.09. The topological polar surface area (TPSA) is 23.6 Å². The molecule has 1 fully saturated rings. The number of piperazine rings is 1. The van der Waals surface area contributed by atoms with Crippen molar-refractivity contribution in [2.45, 2.75) is 25.6 Å². The van der Waals surface area contributed by atoms with E-state index in [0.717, 1.165) is 31.6 Å². The third-order valence-electron chi connectivity index (χ3n) is 5.04. The van der Waals surface area contributed by atoms with E-state index in [9.17, 15) is 18.0 Å². The Labute approximate surface area is 157 Å². The van der Waals surface area contributed by atoms with Crippen LogP contribution in [0.3, 0.4) is 0 Å². The van der Waals surface area contributed by atoms with Gasteiger partial charge in [0.1, 0.15) is 0 Å². The quantitative estimate of drug-likeness (QED) is 0.802. The number of hydrogen-bond donors (Lipinski definition) is 0. The van der Waals surface area contributed by atoms with Gasteiger partial charge in [-0.05, 0) is 43.2 Å². The monoisotopic (exact) mass is 376 g/mol. The molecule has 1 saturated heterocycles. The van der Waals surface area contributed by atoms with Crippen LogP contribution < -0.4 is 0 Å². The molecule has 1 amide bonds. The predicted octanol–water partition coefficient (Wildman–Crippen LogP) is 4.09. The Morgan fingerprint density at radius 2 is 1.70 bits per heavy atom. The zero-order chi connectivity index (χ0) is 19.4. The van der Waals surface area contributed by atoms with Crippen molar-refractivity contribution in [2.24, 2.45) is 0 Å². The predicted molar refractivity (Wildman–Crippen MR) is 98.5 cm³/mol. The van der Waals surface area contributed by atoms with E-state index in [1.54, 1.807) is 4.90 Å². The summed E-state index contributed by atoms with van der Waals surface area (Å²) in [5.41, 5.74) is 0.846. The second kappa shape index (κ2) is 8.13. The largest absolute Gasteiger partial charge is 0.416 e. The van der Waals surface area contributed by atoms with Crippen molar-refractivity contribution in [1.29, 1.82) is 0 Å². The van der Waals surface area contributed by atoms with Crippen molar-refractivity contribution in [3.8, 4) is 0 Å². The summed E-state index contributed by atoms with van der Waals surface area (Å²) in [6.07, 6.45) is -3.43. The minimum absolute atomic E-state index is 0.209. The number of alkyl halides is 3. The summed E-state index contributed by atoms with van der Waals surface area (Å²) >= 11 is 0. The standard InChI is InChI=1S/C21H23F3N2O/c1-16-15-26(14-13-25(16)12-11-17-5-3-2-4-6-17)20(27)18-7-9-19(10-8-18)21(22,23)24/h2-10,16H,11-15H2,1H3. The van der Waals surface area contributed by atoms with Gasteiger partial charge in [0.15, 0.2) is 0 Å². The second-order valence-electron chi connectivity index (χ2n) is 6.95. The molecule has 6 heteroatoms. The van der Waals surface area contributed by atoms with Crippen LogP contribution in [-0.4, -0.2) is 47.9 Å². The van der Waals surface area contributed by atoms with Gasteiger partial charge in [0, 0.05) is 37.8 Å². The normalized spacial score (nSPS) is 18.5. The van der Waals surface area contributed by atoms with Crippen LogP contribution in [0.1, 0.15) is 28.4 Å². The Bertz CT molecular complexity index is 759. The molecule has 1 unspecified atom stereocenters. The van der Waals surface area contributed by atoms with Crippen molar-refractivity contribution in [2.75, 3.05) is 26.2 Å². The maximum atomic E-state index is 12.7. The molecule has 1 atom stereocenters. The molecule has 1 heterocycles. The summed E-state index contributed by atoms with van der Waals surface area (Å²) in [6, 6.07) is 14.9. The average Bonchev–Trinajstić information content (AvgIpc) is 2.66. The third-order valence-corrected chi connectivity index (χ3v) is 5.04. The van der Waals surface area contributed by atoms with Crippen LogP contribution in [0.15, 0.2) is 54.6 Å². The number of carbonyl (C=O) groups is 1. The van der Waals surface area contributed by atoms with Crippen LogP contribution in [0, 0.1) is 0 Å². The van der Waals surface area contributed by atoms with Crippen LogP contribution in [0.4, 0.5) is 13.2 Å². The van der Waals surface area contributed by atoms with Gasteiger partial charge in [-0.3, -0.25) is 9.69 Å². The lowest BCUT2D eigenvalue weighted by atomic mass is 10.1. The average molecular weight is 376 g/mol. The molecule has 0 aliphatic carbocycles. The highest BCUT2D eigenvalue weighted by Gasteiger charge is 2.31. The van der Waals surface area contributed by atoms with Gasteiger partial charge in [-0.15, -0.1) is 0 Å². The van der Waals surface area contributed by atoms with E-state index < -0.39 is 11.7 Å². The van der Waals surface area contributed by atoms with Crippen LogP contribution in [0.25, 0.3) is 0 Å². The van der Waals surface area contributed by atoms with Gasteiger partial charge < -0.3 is 4.90 Å². The van der Waals surface area contributed by atoms with Gasteiger partial charge in [0.05, 0.1) is 5.56 Å². The third kappa shape index (κ3) is 4.89. The highest BCUT2D eigenvalue weighted by molar-refractivity contribution is 5.94. The molecule has 0 aromatic heterocycles. The van der Waals surface area contributed by atoms with Crippen LogP contribution in [0.2, 0.25) is 0 Å². The molecule has 0 bridgehead atoms. The van der Waals surface area contributed by atoms with Gasteiger partial charge in [-0.1, -0.05) is 30.3 Å². The molecule has 3 rings (SSSR count). The summed E-state index contributed by atoms with van der Waals surface area (Å²) in [7, 11) is 0. The maximum Gasteiger partial charge on any atom is 0.416 e. The molecule has 3 nitrogen and oxygen atoms in total. The molecule has 2 aromatic carbocycles. The van der Waals surface area contributed by atoms with Gasteiger partial charge >= 0.3 is 6.18 Å². The minimum Gasteiger partial charge on any atom is -0.336 e. The number of benzene rings is 2. The summed E-state index contributed by atoms with van der Waals surface area (Å²) in [5, 5.41) is 0. The lowest BCUT2D eigenvalue weighted by molar-refractivity contribution is -0.137. The van der Waals surface area contributed by atoms with E-state index in [4.69, 9.17) is 0 Å². The Hall–Kier alpha value is -2.34. The van der Waals surface area contributed by atoms with Crippen LogP contribution in [0.5, 0.6) is 0 Å². The van der Waals surface area contributed by atoms with Crippen LogP contribution in [-0.2, 0) is 12.6 Å². The molecule has 0 spiro atoms. The number of halogens is 3. The Morgan fingerprint density at radius 1 is 1.04 bits per heavy atom. The summed E-state index contributed by atoms with van der Waals surface area (Å²) in [5.74, 6) is -0.210. The highest BCUT2D eigenvalue weighted by atomic mass is 19.4. The van der Waals surface area contributed by atoms with Gasteiger partial charge in [-0.2, -0.15) is 13.2 Å². The lowest BCUT2D eigenvalue weighted by Gasteiger charge is -2.40. The first-order chi connectivity index (χ1) is 12.8. The van der Waals surface area contributed by atoms with Crippen molar-refractivity contribution in [3.05, 3.63) is 71.3 Å². The summed E-state index contributed by atoms with van der Waals surface area (Å²) in [4.78, 5) is 16.7. The first-order valence-electron chi connectivity index (χ1n) is 9.09. The molecule has 0 saturated carbocycles. The van der Waals surface area contributed by atoms with E-state index >= 15 is 0 Å². The SMILES string of the molecule is CC1CN(C(=O)c2ccc(C(F)(F)F)cc2)CCN1CCc1ccccc1. The van der Waals surface area contributed by atoms with Gasteiger partial charge in [0.25, 0.3) is 5.91 Å².